The van der Waals surface area contributed by atoms with Gasteiger partial charge in [-0.05, 0) is 42.0 Å². The van der Waals surface area contributed by atoms with Crippen molar-refractivity contribution in [3.05, 3.63) is 65.4 Å². The smallest absolute Gasteiger partial charge is 0.270 e. The van der Waals surface area contributed by atoms with E-state index in [0.717, 1.165) is 12.1 Å². The van der Waals surface area contributed by atoms with Crippen molar-refractivity contribution >= 4 is 34.3 Å². The summed E-state index contributed by atoms with van der Waals surface area (Å²) in [6.07, 6.45) is -0.170. The molecule has 1 fully saturated rings. The molecular formula is C29H34F2N4O7. The first kappa shape index (κ1) is 31.0. The third kappa shape index (κ3) is 7.29. The number of halogens is 2. The number of carbonyl (C=O) groups is 3. The van der Waals surface area contributed by atoms with Crippen LogP contribution in [0.1, 0.15) is 22.5 Å². The Morgan fingerprint density at radius 2 is 1.74 bits per heavy atom. The molecule has 0 saturated carbocycles. The molecule has 1 aromatic heterocycles. The SMILES string of the molecule is COCCOCCOCCN(C)C(=O)c1cc2cc(N3CCC(O)(C(=O)NCc4cc(F)cc(F)c4)C3=O)ccc2[nH]1. The van der Waals surface area contributed by atoms with Crippen molar-refractivity contribution in [2.24, 2.45) is 0 Å². The summed E-state index contributed by atoms with van der Waals surface area (Å²) in [5, 5.41) is 14.0. The fraction of sp³-hybridized carbons (Fsp3) is 0.414. The topological polar surface area (TPSA) is 133 Å². The highest BCUT2D eigenvalue weighted by Gasteiger charge is 2.51. The van der Waals surface area contributed by atoms with Gasteiger partial charge >= 0.3 is 0 Å². The average Bonchev–Trinajstić information content (AvgIpc) is 3.52. The second-order valence-corrected chi connectivity index (χ2v) is 9.93. The summed E-state index contributed by atoms with van der Waals surface area (Å²) in [6, 6.07) is 9.51. The van der Waals surface area contributed by atoms with E-state index in [1.807, 2.05) is 0 Å². The molecule has 0 radical (unpaired) electrons. The van der Waals surface area contributed by atoms with Crippen LogP contribution < -0.4 is 10.2 Å². The summed E-state index contributed by atoms with van der Waals surface area (Å²) in [5.74, 6) is -3.62. The Balaban J connectivity index is 1.33. The van der Waals surface area contributed by atoms with Crippen LogP contribution in [0.5, 0.6) is 0 Å². The lowest BCUT2D eigenvalue weighted by molar-refractivity contribution is -0.149. The van der Waals surface area contributed by atoms with Crippen LogP contribution in [0.3, 0.4) is 0 Å². The molecule has 1 atom stereocenters. The third-order valence-corrected chi connectivity index (χ3v) is 6.92. The van der Waals surface area contributed by atoms with E-state index in [2.05, 4.69) is 10.3 Å². The van der Waals surface area contributed by atoms with Crippen molar-refractivity contribution in [3.8, 4) is 0 Å². The number of aromatic nitrogens is 1. The molecule has 1 aliphatic heterocycles. The molecule has 0 spiro atoms. The monoisotopic (exact) mass is 588 g/mol. The van der Waals surface area contributed by atoms with Gasteiger partial charge in [0.25, 0.3) is 17.7 Å². The van der Waals surface area contributed by atoms with Crippen LogP contribution in [-0.2, 0) is 30.3 Å². The minimum Gasteiger partial charge on any atom is -0.382 e. The summed E-state index contributed by atoms with van der Waals surface area (Å²) in [4.78, 5) is 44.7. The van der Waals surface area contributed by atoms with Gasteiger partial charge in [-0.15, -0.1) is 0 Å². The number of aromatic amines is 1. The van der Waals surface area contributed by atoms with E-state index in [-0.39, 0.29) is 31.0 Å². The van der Waals surface area contributed by atoms with E-state index in [1.54, 1.807) is 38.4 Å². The largest absolute Gasteiger partial charge is 0.382 e. The lowest BCUT2D eigenvalue weighted by Crippen LogP contribution is -2.52. The van der Waals surface area contributed by atoms with E-state index in [0.29, 0.717) is 67.9 Å². The molecule has 3 N–H and O–H groups in total. The molecule has 1 saturated heterocycles. The number of carbonyl (C=O) groups excluding carboxylic acids is 3. The first-order chi connectivity index (χ1) is 20.1. The highest BCUT2D eigenvalue weighted by atomic mass is 19.1. The van der Waals surface area contributed by atoms with Crippen molar-refractivity contribution in [3.63, 3.8) is 0 Å². The molecule has 11 nitrogen and oxygen atoms in total. The minimum atomic E-state index is -2.33. The highest BCUT2D eigenvalue weighted by Crippen LogP contribution is 2.31. The molecule has 0 bridgehead atoms. The van der Waals surface area contributed by atoms with Crippen molar-refractivity contribution < 1.29 is 42.5 Å². The molecule has 3 aromatic rings. The quantitative estimate of drug-likeness (QED) is 0.194. The predicted octanol–water partition coefficient (Wildman–Crippen LogP) is 1.98. The Morgan fingerprint density at radius 1 is 1.05 bits per heavy atom. The number of methoxy groups -OCH3 is 1. The second kappa shape index (κ2) is 13.8. The number of benzene rings is 2. The molecule has 1 aliphatic rings. The molecule has 13 heteroatoms. The molecule has 3 amide bonds. The number of nitrogens with one attached hydrogen (secondary N) is 2. The van der Waals surface area contributed by atoms with Gasteiger partial charge in [-0.1, -0.05) is 0 Å². The van der Waals surface area contributed by atoms with Crippen molar-refractivity contribution in [1.82, 2.24) is 15.2 Å². The Hall–Kier alpha value is -3.91. The van der Waals surface area contributed by atoms with Gasteiger partial charge < -0.3 is 39.4 Å². The molecule has 1 unspecified atom stereocenters. The number of rotatable bonds is 14. The summed E-state index contributed by atoms with van der Waals surface area (Å²) in [6.45, 7) is 2.35. The minimum absolute atomic E-state index is 0.0687. The van der Waals surface area contributed by atoms with Gasteiger partial charge in [-0.2, -0.15) is 0 Å². The van der Waals surface area contributed by atoms with E-state index in [1.165, 1.54) is 9.80 Å². The first-order valence-electron chi connectivity index (χ1n) is 13.4. The van der Waals surface area contributed by atoms with Crippen LogP contribution in [-0.4, -0.2) is 98.6 Å². The number of nitrogens with zero attached hydrogens (tertiary/aromatic N) is 2. The zero-order valence-corrected chi connectivity index (χ0v) is 23.5. The number of anilines is 1. The maximum Gasteiger partial charge on any atom is 0.270 e. The standard InChI is InChI=1S/C29H34F2N4O7/c1-34(7-8-41-11-12-42-10-9-40-2)26(36)25-16-20-15-23(3-4-24(20)33-25)35-6-5-29(39,28(35)38)27(37)32-18-19-13-21(30)17-22(31)14-19/h3-4,13-17,33,39H,5-12,18H2,1-2H3,(H,32,37). The summed E-state index contributed by atoms with van der Waals surface area (Å²) < 4.78 is 42.6. The molecule has 0 aliphatic carbocycles. The van der Waals surface area contributed by atoms with Gasteiger partial charge in [0.05, 0.1) is 33.0 Å². The third-order valence-electron chi connectivity index (χ3n) is 6.92. The number of amides is 3. The molecule has 42 heavy (non-hydrogen) atoms. The van der Waals surface area contributed by atoms with Gasteiger partial charge in [0.2, 0.25) is 5.60 Å². The van der Waals surface area contributed by atoms with E-state index >= 15 is 0 Å². The van der Waals surface area contributed by atoms with E-state index in [4.69, 9.17) is 14.2 Å². The molecule has 226 valence electrons. The number of H-pyrrole nitrogens is 1. The Kier molecular flexibility index (Phi) is 10.2. The fourth-order valence-corrected chi connectivity index (χ4v) is 4.58. The summed E-state index contributed by atoms with van der Waals surface area (Å²) in [5.41, 5.74) is -0.722. The highest BCUT2D eigenvalue weighted by molar-refractivity contribution is 6.16. The van der Waals surface area contributed by atoms with Crippen molar-refractivity contribution in [1.29, 1.82) is 0 Å². The van der Waals surface area contributed by atoms with Gasteiger partial charge in [0, 0.05) is 62.9 Å². The Labute approximate surface area is 241 Å². The second-order valence-electron chi connectivity index (χ2n) is 9.93. The van der Waals surface area contributed by atoms with Crippen LogP contribution in [0.25, 0.3) is 10.9 Å². The number of fused-ring (bicyclic) bond motifs is 1. The molecular weight excluding hydrogens is 554 g/mol. The lowest BCUT2D eigenvalue weighted by Gasteiger charge is -2.22. The first-order valence-corrected chi connectivity index (χ1v) is 13.4. The van der Waals surface area contributed by atoms with Crippen LogP contribution in [0.2, 0.25) is 0 Å². The molecule has 4 rings (SSSR count). The fourth-order valence-electron chi connectivity index (χ4n) is 4.58. The van der Waals surface area contributed by atoms with Gasteiger partial charge in [0.1, 0.15) is 17.3 Å². The van der Waals surface area contributed by atoms with Gasteiger partial charge in [-0.3, -0.25) is 14.4 Å². The van der Waals surface area contributed by atoms with E-state index in [9.17, 15) is 28.3 Å². The zero-order chi connectivity index (χ0) is 30.3. The number of hydrogen-bond acceptors (Lipinski definition) is 7. The number of aliphatic hydroxyl groups is 1. The van der Waals surface area contributed by atoms with Crippen LogP contribution >= 0.6 is 0 Å². The number of hydrogen-bond donors (Lipinski definition) is 3. The predicted molar refractivity (Wildman–Crippen MR) is 149 cm³/mol. The normalized spacial score (nSPS) is 16.8. The number of ether oxygens (including phenoxy) is 3. The van der Waals surface area contributed by atoms with Crippen molar-refractivity contribution in [2.75, 3.05) is 65.2 Å². The Bertz CT molecular complexity index is 1410. The summed E-state index contributed by atoms with van der Waals surface area (Å²) in [7, 11) is 3.26. The zero-order valence-electron chi connectivity index (χ0n) is 23.5. The van der Waals surface area contributed by atoms with Gasteiger partial charge in [0.15, 0.2) is 0 Å². The van der Waals surface area contributed by atoms with Crippen LogP contribution in [0, 0.1) is 11.6 Å². The van der Waals surface area contributed by atoms with Crippen LogP contribution in [0.4, 0.5) is 14.5 Å². The van der Waals surface area contributed by atoms with Gasteiger partial charge in [-0.25, -0.2) is 8.78 Å². The van der Waals surface area contributed by atoms with Crippen LogP contribution in [0.15, 0.2) is 42.5 Å². The average molecular weight is 589 g/mol. The molecule has 2 heterocycles. The summed E-state index contributed by atoms with van der Waals surface area (Å²) >= 11 is 0. The van der Waals surface area contributed by atoms with E-state index < -0.39 is 29.0 Å². The molecule has 2 aromatic carbocycles. The lowest BCUT2D eigenvalue weighted by atomic mass is 10.0. The Morgan fingerprint density at radius 3 is 2.45 bits per heavy atom. The maximum absolute atomic E-state index is 13.4. The van der Waals surface area contributed by atoms with Crippen molar-refractivity contribution in [2.45, 2.75) is 18.6 Å². The maximum atomic E-state index is 13.4. The number of likely N-dealkylation sites (N-methyl/N-ethyl adjacent to an activating group) is 1.